The predicted molar refractivity (Wildman–Crippen MR) is 201 cm³/mol. The number of piperidine rings is 1. The standard InChI is InChI=1S/C36H40N10O4.C2HF3O2/c1-42(2)35(50)29-18-22-19-38-36(41-32(22)46(29)24-5-3-4-6-24)39-30-11-8-26(20-37-30)44-15-13-43(14-16-44)25-7-9-27-23(17-25)21-45(34(27)49)28-10-12-31(47)40-33(28)48;3-2(4,5)1(6)7/h7-9,11,17-20,24,28H,3-6,10,12-16,21H2,1-2H3,(H,40,47,48)(H,37,38,39,41);(H,6,7)/t28-;/m0./s1. The average Bonchev–Trinajstić information content (AvgIpc) is 3.92. The molecule has 0 spiro atoms. The Bertz CT molecular complexity index is 2210. The maximum absolute atomic E-state index is 13.1. The Morgan fingerprint density at radius 3 is 2.19 bits per heavy atom. The molecule has 3 fully saturated rings. The van der Waals surface area contributed by atoms with Gasteiger partial charge in [0, 0.05) is 82.1 Å². The molecule has 300 valence electrons. The highest BCUT2D eigenvalue weighted by Gasteiger charge is 2.40. The number of imide groups is 1. The second-order valence-electron chi connectivity index (χ2n) is 14.6. The summed E-state index contributed by atoms with van der Waals surface area (Å²) in [5, 5.41) is 13.6. The van der Waals surface area contributed by atoms with Crippen molar-refractivity contribution in [1.29, 1.82) is 0 Å². The molecule has 1 atom stereocenters. The van der Waals surface area contributed by atoms with Gasteiger partial charge in [-0.25, -0.2) is 14.8 Å². The molecule has 0 radical (unpaired) electrons. The van der Waals surface area contributed by atoms with E-state index in [2.05, 4.69) is 41.0 Å². The third kappa shape index (κ3) is 8.17. The molecule has 0 bridgehead atoms. The third-order valence-electron chi connectivity index (χ3n) is 10.6. The van der Waals surface area contributed by atoms with E-state index in [-0.39, 0.29) is 30.2 Å². The lowest BCUT2D eigenvalue weighted by Gasteiger charge is -2.37. The first-order valence-electron chi connectivity index (χ1n) is 18.6. The number of nitrogens with zero attached hydrogens (tertiary/aromatic N) is 8. The molecule has 4 aromatic rings. The van der Waals surface area contributed by atoms with Crippen molar-refractivity contribution >= 4 is 63.8 Å². The van der Waals surface area contributed by atoms with Crippen molar-refractivity contribution in [3.05, 3.63) is 65.6 Å². The number of fused-ring (bicyclic) bond motifs is 2. The van der Waals surface area contributed by atoms with E-state index in [1.54, 1.807) is 30.1 Å². The number of piperazine rings is 1. The van der Waals surface area contributed by atoms with Crippen LogP contribution in [0.5, 0.6) is 0 Å². The molecule has 6 heterocycles. The molecule has 19 heteroatoms. The van der Waals surface area contributed by atoms with E-state index in [0.717, 1.165) is 79.8 Å². The summed E-state index contributed by atoms with van der Waals surface area (Å²) < 4.78 is 33.8. The van der Waals surface area contributed by atoms with E-state index < -0.39 is 24.1 Å². The minimum absolute atomic E-state index is 0.0374. The minimum Gasteiger partial charge on any atom is -0.475 e. The molecule has 3 aromatic heterocycles. The Labute approximate surface area is 324 Å². The Morgan fingerprint density at radius 1 is 0.912 bits per heavy atom. The van der Waals surface area contributed by atoms with Crippen LogP contribution in [0.4, 0.5) is 36.3 Å². The van der Waals surface area contributed by atoms with Gasteiger partial charge >= 0.3 is 12.1 Å². The van der Waals surface area contributed by atoms with Crippen LogP contribution in [0.3, 0.4) is 0 Å². The molecule has 16 nitrogen and oxygen atoms in total. The minimum atomic E-state index is -5.08. The maximum Gasteiger partial charge on any atom is 0.490 e. The van der Waals surface area contributed by atoms with Gasteiger partial charge in [0.2, 0.25) is 17.8 Å². The Hall–Kier alpha value is -6.27. The maximum atomic E-state index is 13.1. The van der Waals surface area contributed by atoms with Gasteiger partial charge in [-0.05, 0) is 61.2 Å². The first-order valence-corrected chi connectivity index (χ1v) is 18.6. The Kier molecular flexibility index (Phi) is 10.7. The molecule has 4 amide bonds. The van der Waals surface area contributed by atoms with Crippen LogP contribution in [0.15, 0.2) is 48.8 Å². The number of rotatable bonds is 7. The first kappa shape index (κ1) is 39.0. The zero-order chi connectivity index (χ0) is 40.6. The zero-order valence-corrected chi connectivity index (χ0v) is 31.3. The molecule has 3 aliphatic heterocycles. The molecule has 57 heavy (non-hydrogen) atoms. The molecule has 3 N–H and O–H groups in total. The van der Waals surface area contributed by atoms with Gasteiger partial charge in [-0.2, -0.15) is 18.2 Å². The zero-order valence-electron chi connectivity index (χ0n) is 31.3. The van der Waals surface area contributed by atoms with Gasteiger partial charge in [0.25, 0.3) is 11.8 Å². The SMILES string of the molecule is CN(C)C(=O)c1cc2cnc(Nc3ccc(N4CCN(c5ccc6c(c5)CN([C@H]5CCC(=O)NC5=O)C6=O)CC4)cn3)nc2n1C1CCCC1.O=C(O)C(F)(F)F. The van der Waals surface area contributed by atoms with Gasteiger partial charge < -0.3 is 34.6 Å². The van der Waals surface area contributed by atoms with Crippen LogP contribution in [0.1, 0.15) is 71.0 Å². The molecule has 1 aliphatic carbocycles. The van der Waals surface area contributed by atoms with Crippen molar-refractivity contribution in [1.82, 2.24) is 34.6 Å². The summed E-state index contributed by atoms with van der Waals surface area (Å²) in [6.45, 7) is 3.58. The van der Waals surface area contributed by atoms with E-state index in [4.69, 9.17) is 14.9 Å². The molecule has 1 saturated carbocycles. The number of pyridine rings is 1. The number of anilines is 4. The van der Waals surface area contributed by atoms with Crippen molar-refractivity contribution in [2.45, 2.75) is 63.3 Å². The smallest absolute Gasteiger partial charge is 0.475 e. The van der Waals surface area contributed by atoms with Gasteiger partial charge in [-0.1, -0.05) is 12.8 Å². The molecule has 4 aliphatic rings. The van der Waals surface area contributed by atoms with Gasteiger partial charge in [-0.3, -0.25) is 24.5 Å². The fraction of sp³-hybridized carbons (Fsp3) is 0.421. The summed E-state index contributed by atoms with van der Waals surface area (Å²) in [5.74, 6) is -2.57. The highest BCUT2D eigenvalue weighted by atomic mass is 19.4. The fourth-order valence-corrected chi connectivity index (χ4v) is 7.74. The molecular weight excluding hydrogens is 749 g/mol. The lowest BCUT2D eigenvalue weighted by molar-refractivity contribution is -0.192. The number of nitrogens with one attached hydrogen (secondary N) is 2. The topological polar surface area (TPSA) is 186 Å². The summed E-state index contributed by atoms with van der Waals surface area (Å²) >= 11 is 0. The second kappa shape index (κ2) is 15.7. The summed E-state index contributed by atoms with van der Waals surface area (Å²) in [6, 6.07) is 11.4. The van der Waals surface area contributed by atoms with Crippen LogP contribution in [0.2, 0.25) is 0 Å². The summed E-state index contributed by atoms with van der Waals surface area (Å²) in [7, 11) is 3.54. The van der Waals surface area contributed by atoms with Crippen molar-refractivity contribution in [3.63, 3.8) is 0 Å². The van der Waals surface area contributed by atoms with Gasteiger partial charge in [0.1, 0.15) is 23.2 Å². The monoisotopic (exact) mass is 790 g/mol. The van der Waals surface area contributed by atoms with Gasteiger partial charge in [0.05, 0.1) is 11.9 Å². The molecule has 0 unspecified atom stereocenters. The van der Waals surface area contributed by atoms with E-state index in [9.17, 15) is 32.3 Å². The number of aliphatic carboxylic acids is 1. The number of carbonyl (C=O) groups is 5. The van der Waals surface area contributed by atoms with Crippen LogP contribution in [-0.4, -0.2) is 117 Å². The van der Waals surface area contributed by atoms with E-state index in [1.165, 1.54) is 0 Å². The lowest BCUT2D eigenvalue weighted by atomic mass is 10.0. The fourth-order valence-electron chi connectivity index (χ4n) is 7.74. The number of hydrogen-bond acceptors (Lipinski definition) is 11. The summed E-state index contributed by atoms with van der Waals surface area (Å²) in [6.07, 6.45) is 3.48. The summed E-state index contributed by atoms with van der Waals surface area (Å²) in [5.41, 5.74) is 5.00. The quantitative estimate of drug-likeness (QED) is 0.228. The van der Waals surface area contributed by atoms with Crippen LogP contribution >= 0.6 is 0 Å². The number of benzene rings is 1. The van der Waals surface area contributed by atoms with E-state index in [0.29, 0.717) is 36.0 Å². The number of aromatic nitrogens is 4. The van der Waals surface area contributed by atoms with E-state index in [1.807, 2.05) is 36.5 Å². The first-order chi connectivity index (χ1) is 27.2. The Balaban J connectivity index is 0.000000651. The van der Waals surface area contributed by atoms with Crippen LogP contribution in [0, 0.1) is 0 Å². The number of amides is 4. The van der Waals surface area contributed by atoms with Crippen molar-refractivity contribution < 1.29 is 42.3 Å². The number of halogens is 3. The number of carboxylic acids is 1. The summed E-state index contributed by atoms with van der Waals surface area (Å²) in [4.78, 5) is 80.9. The van der Waals surface area contributed by atoms with Gasteiger partial charge in [0.15, 0.2) is 0 Å². The van der Waals surface area contributed by atoms with E-state index >= 15 is 0 Å². The van der Waals surface area contributed by atoms with Crippen LogP contribution < -0.4 is 20.4 Å². The highest BCUT2D eigenvalue weighted by Crippen LogP contribution is 2.35. The lowest BCUT2D eigenvalue weighted by Crippen LogP contribution is -2.52. The van der Waals surface area contributed by atoms with Crippen LogP contribution in [0.25, 0.3) is 11.0 Å². The van der Waals surface area contributed by atoms with Crippen molar-refractivity contribution in [2.24, 2.45) is 0 Å². The molecule has 1 aromatic carbocycles. The van der Waals surface area contributed by atoms with Crippen LogP contribution in [-0.2, 0) is 20.9 Å². The number of alkyl halides is 3. The van der Waals surface area contributed by atoms with Gasteiger partial charge in [-0.15, -0.1) is 0 Å². The van der Waals surface area contributed by atoms with Crippen molar-refractivity contribution in [3.8, 4) is 0 Å². The Morgan fingerprint density at radius 2 is 1.58 bits per heavy atom. The molecule has 2 saturated heterocycles. The molecular formula is C38H41F3N10O6. The average molecular weight is 791 g/mol. The molecule has 8 rings (SSSR count). The predicted octanol–water partition coefficient (Wildman–Crippen LogP) is 4.11. The number of carboxylic acid groups (broad SMARTS) is 1. The number of hydrogen-bond donors (Lipinski definition) is 3. The second-order valence-corrected chi connectivity index (χ2v) is 14.6. The largest absolute Gasteiger partial charge is 0.490 e. The number of carbonyl (C=O) groups excluding carboxylic acids is 4. The normalized spacial score (nSPS) is 18.6. The third-order valence-corrected chi connectivity index (χ3v) is 10.6. The van der Waals surface area contributed by atoms with Crippen molar-refractivity contribution in [2.75, 3.05) is 55.4 Å². The highest BCUT2D eigenvalue weighted by molar-refractivity contribution is 6.05.